The third-order valence-corrected chi connectivity index (χ3v) is 10.5. The fourth-order valence-corrected chi connectivity index (χ4v) is 7.62. The molecule has 2 saturated heterocycles. The first-order valence-electron chi connectivity index (χ1n) is 15.9. The number of nitrogens with one attached hydrogen (secondary N) is 1. The molecule has 15 heteroatoms. The molecule has 0 saturated carbocycles. The molecule has 13 nitrogen and oxygen atoms in total. The summed E-state index contributed by atoms with van der Waals surface area (Å²) in [5.74, 6) is -6.47. The number of nitrogens with zero attached hydrogens (tertiary/aromatic N) is 3. The number of imide groups is 1. The molecule has 0 bridgehead atoms. The number of carbonyl (C=O) groups is 5. The third-order valence-electron chi connectivity index (χ3n) is 8.60. The minimum Gasteiger partial charge on any atom is -0.459 e. The summed E-state index contributed by atoms with van der Waals surface area (Å²) < 4.78 is 40.8. The molecule has 0 radical (unpaired) electrons. The number of esters is 3. The second kappa shape index (κ2) is 13.5. The molecule has 0 spiro atoms. The summed E-state index contributed by atoms with van der Waals surface area (Å²) in [6.07, 6.45) is -6.08. The molecule has 0 aliphatic carbocycles. The highest BCUT2D eigenvalue weighted by Gasteiger charge is 2.68. The fourth-order valence-electron chi connectivity index (χ4n) is 6.07. The van der Waals surface area contributed by atoms with E-state index >= 15 is 4.39 Å². The molecule has 6 rings (SSSR count). The maximum Gasteiger partial charge on any atom is 0.338 e. The number of alkyl halides is 1. The fraction of sp³-hybridized carbons (Fsp3) is 0.314. The van der Waals surface area contributed by atoms with E-state index in [0.717, 1.165) is 11.9 Å². The minimum atomic E-state index is -2.89. The SMILES string of the molecule is CN1C(=O)N([C@@H]2O[C@H](COC(=O)c3ccccc3)[C@@H](OC(=O)c3ccccc3)[C@H]2OC(=O)c2ccccc2)C2C([Si](C)(C)C)=NNC2(F)C1=O. The lowest BCUT2D eigenvalue weighted by molar-refractivity contribution is -0.161. The van der Waals surface area contributed by atoms with Gasteiger partial charge in [0.25, 0.3) is 11.7 Å². The van der Waals surface area contributed by atoms with E-state index in [9.17, 15) is 24.0 Å². The number of benzene rings is 3. The molecular formula is C35H35FN4O9Si. The van der Waals surface area contributed by atoms with Crippen LogP contribution in [0.5, 0.6) is 0 Å². The van der Waals surface area contributed by atoms with Crippen LogP contribution in [0.2, 0.25) is 19.6 Å². The Hall–Kier alpha value is -5.41. The molecule has 3 aromatic rings. The smallest absolute Gasteiger partial charge is 0.338 e. The zero-order valence-corrected chi connectivity index (χ0v) is 28.6. The van der Waals surface area contributed by atoms with Crippen LogP contribution < -0.4 is 5.43 Å². The number of fused-ring (bicyclic) bond motifs is 1. The third kappa shape index (κ3) is 6.36. The monoisotopic (exact) mass is 702 g/mol. The number of carbonyl (C=O) groups excluding carboxylic acids is 5. The van der Waals surface area contributed by atoms with Gasteiger partial charge in [0.1, 0.15) is 26.8 Å². The van der Waals surface area contributed by atoms with Crippen molar-refractivity contribution >= 4 is 43.3 Å². The van der Waals surface area contributed by atoms with Crippen molar-refractivity contribution in [3.63, 3.8) is 0 Å². The number of urea groups is 1. The second-order valence-electron chi connectivity index (χ2n) is 13.0. The molecule has 3 aromatic carbocycles. The van der Waals surface area contributed by atoms with Crippen LogP contribution in [0.4, 0.5) is 9.18 Å². The number of amides is 3. The van der Waals surface area contributed by atoms with Crippen LogP contribution in [0.3, 0.4) is 0 Å². The van der Waals surface area contributed by atoms with Gasteiger partial charge in [-0.3, -0.25) is 20.0 Å². The quantitative estimate of drug-likeness (QED) is 0.151. The van der Waals surface area contributed by atoms with Crippen LogP contribution in [0.15, 0.2) is 96.1 Å². The molecular weight excluding hydrogens is 667 g/mol. The average molecular weight is 703 g/mol. The molecule has 3 heterocycles. The van der Waals surface area contributed by atoms with E-state index in [4.69, 9.17) is 18.9 Å². The Bertz CT molecular complexity index is 1830. The Labute approximate surface area is 287 Å². The highest BCUT2D eigenvalue weighted by Crippen LogP contribution is 2.41. The standard InChI is InChI=1S/C35H35FN4O9Si/c1-39-33(44)35(36)27(28(37-38-35)50(2,3)4)40(34(39)45)29-26(49-32(43)23-18-12-7-13-19-23)25(48-31(42)22-16-10-6-11-17-22)24(47-29)20-46-30(41)21-14-8-5-9-15-21/h5-19,24-27,29,38H,20H2,1-4H3/t24-,25-,26-,27?,29-,35?/m1/s1. The number of likely N-dealkylation sites (N-methyl/N-ethyl adjacent to an activating group) is 1. The lowest BCUT2D eigenvalue weighted by atomic mass is 10.00. The van der Waals surface area contributed by atoms with Crippen molar-refractivity contribution in [3.8, 4) is 0 Å². The van der Waals surface area contributed by atoms with Crippen LogP contribution in [-0.4, -0.2) is 103 Å². The molecule has 50 heavy (non-hydrogen) atoms. The first kappa shape index (κ1) is 34.4. The zero-order valence-electron chi connectivity index (χ0n) is 27.6. The number of halogens is 1. The second-order valence-corrected chi connectivity index (χ2v) is 18.0. The summed E-state index contributed by atoms with van der Waals surface area (Å²) in [5.41, 5.74) is 2.82. The van der Waals surface area contributed by atoms with Gasteiger partial charge in [-0.25, -0.2) is 23.6 Å². The predicted octanol–water partition coefficient (Wildman–Crippen LogP) is 3.78. The van der Waals surface area contributed by atoms with Crippen molar-refractivity contribution in [1.82, 2.24) is 15.2 Å². The number of ether oxygens (including phenoxy) is 4. The van der Waals surface area contributed by atoms with E-state index in [-0.39, 0.29) is 22.0 Å². The van der Waals surface area contributed by atoms with Gasteiger partial charge >= 0.3 is 23.9 Å². The summed E-state index contributed by atoms with van der Waals surface area (Å²) in [6, 6.07) is 21.5. The normalized spacial score (nSPS) is 26.1. The van der Waals surface area contributed by atoms with Crippen molar-refractivity contribution in [2.45, 2.75) is 56.0 Å². The van der Waals surface area contributed by atoms with Gasteiger partial charge in [0.2, 0.25) is 0 Å². The minimum absolute atomic E-state index is 0.127. The molecule has 6 atom stereocenters. The van der Waals surface area contributed by atoms with E-state index in [1.54, 1.807) is 66.7 Å². The van der Waals surface area contributed by atoms with Gasteiger partial charge in [-0.2, -0.15) is 5.10 Å². The summed E-state index contributed by atoms with van der Waals surface area (Å²) in [6.45, 7) is 5.07. The molecule has 1 N–H and O–H groups in total. The zero-order chi connectivity index (χ0) is 35.8. The van der Waals surface area contributed by atoms with E-state index in [1.807, 2.05) is 19.6 Å². The van der Waals surface area contributed by atoms with Crippen molar-refractivity contribution in [2.24, 2.45) is 5.10 Å². The van der Waals surface area contributed by atoms with Gasteiger partial charge < -0.3 is 18.9 Å². The number of hydrogen-bond acceptors (Lipinski definition) is 11. The van der Waals surface area contributed by atoms with Gasteiger partial charge in [-0.15, -0.1) is 0 Å². The maximum atomic E-state index is 16.9. The van der Waals surface area contributed by atoms with Crippen LogP contribution in [-0.2, 0) is 23.7 Å². The largest absolute Gasteiger partial charge is 0.459 e. The Morgan fingerprint density at radius 3 is 1.80 bits per heavy atom. The Balaban J connectivity index is 1.44. The molecule has 3 amide bonds. The summed E-state index contributed by atoms with van der Waals surface area (Å²) >= 11 is 0. The molecule has 3 aliphatic heterocycles. The van der Waals surface area contributed by atoms with Gasteiger partial charge in [0.15, 0.2) is 18.4 Å². The summed E-state index contributed by atoms with van der Waals surface area (Å²) in [7, 11) is -1.46. The Morgan fingerprint density at radius 1 is 0.820 bits per heavy atom. The highest BCUT2D eigenvalue weighted by atomic mass is 28.3. The van der Waals surface area contributed by atoms with Crippen LogP contribution in [0, 0.1) is 0 Å². The Kier molecular flexibility index (Phi) is 9.29. The van der Waals surface area contributed by atoms with E-state index in [1.165, 1.54) is 24.3 Å². The van der Waals surface area contributed by atoms with Crippen LogP contribution in [0.1, 0.15) is 31.1 Å². The first-order chi connectivity index (χ1) is 23.8. The van der Waals surface area contributed by atoms with Gasteiger partial charge in [-0.05, 0) is 36.4 Å². The topological polar surface area (TPSA) is 153 Å². The van der Waals surface area contributed by atoms with Crippen molar-refractivity contribution in [1.29, 1.82) is 0 Å². The van der Waals surface area contributed by atoms with E-state index in [2.05, 4.69) is 10.5 Å². The molecule has 2 fully saturated rings. The van der Waals surface area contributed by atoms with Crippen molar-refractivity contribution in [3.05, 3.63) is 108 Å². The van der Waals surface area contributed by atoms with Crippen LogP contribution in [0.25, 0.3) is 0 Å². The number of rotatable bonds is 9. The predicted molar refractivity (Wildman–Crippen MR) is 178 cm³/mol. The van der Waals surface area contributed by atoms with E-state index in [0.29, 0.717) is 4.90 Å². The van der Waals surface area contributed by atoms with Gasteiger partial charge in [0, 0.05) is 12.4 Å². The summed E-state index contributed by atoms with van der Waals surface area (Å²) in [4.78, 5) is 69.1. The average Bonchev–Trinajstić information content (AvgIpc) is 3.65. The van der Waals surface area contributed by atoms with Crippen molar-refractivity contribution < 1.29 is 47.3 Å². The van der Waals surface area contributed by atoms with Crippen molar-refractivity contribution in [2.75, 3.05) is 13.7 Å². The first-order valence-corrected chi connectivity index (χ1v) is 19.4. The van der Waals surface area contributed by atoms with E-state index < -0.39 is 80.9 Å². The Morgan fingerprint density at radius 2 is 1.30 bits per heavy atom. The highest BCUT2D eigenvalue weighted by molar-refractivity contribution is 7.05. The molecule has 3 aliphatic rings. The lowest BCUT2D eigenvalue weighted by Crippen LogP contribution is -2.75. The maximum absolute atomic E-state index is 16.9. The van der Waals surface area contributed by atoms with Gasteiger partial charge in [-0.1, -0.05) is 74.2 Å². The number of hydrogen-bond donors (Lipinski definition) is 1. The number of hydrazone groups is 1. The molecule has 260 valence electrons. The van der Waals surface area contributed by atoms with Gasteiger partial charge in [0.05, 0.1) is 16.7 Å². The lowest BCUT2D eigenvalue weighted by Gasteiger charge is -2.47. The molecule has 0 aromatic heterocycles. The van der Waals surface area contributed by atoms with Crippen LogP contribution >= 0.6 is 0 Å². The summed E-state index contributed by atoms with van der Waals surface area (Å²) in [5, 5.41) is 4.45. The molecule has 2 unspecified atom stereocenters.